The van der Waals surface area contributed by atoms with Gasteiger partial charge in [0.25, 0.3) is 5.69 Å². The van der Waals surface area contributed by atoms with Gasteiger partial charge >= 0.3 is 6.61 Å². The molecular weight excluding hydrogens is 322 g/mol. The Hall–Kier alpha value is -3.03. The summed E-state index contributed by atoms with van der Waals surface area (Å²) < 4.78 is 28.3. The molecule has 0 aromatic heterocycles. The predicted octanol–water partition coefficient (Wildman–Crippen LogP) is 3.56. The SMILES string of the molecule is O=[N+]([O-])c1ccc(O)c(C=NCCc2ccc(OC(F)F)cc2)c1. The van der Waals surface area contributed by atoms with Crippen molar-refractivity contribution in [2.24, 2.45) is 4.99 Å². The molecule has 0 atom stereocenters. The van der Waals surface area contributed by atoms with Crippen LogP contribution in [0.4, 0.5) is 14.5 Å². The summed E-state index contributed by atoms with van der Waals surface area (Å²) >= 11 is 0. The molecule has 1 N–H and O–H groups in total. The number of hydrogen-bond acceptors (Lipinski definition) is 5. The zero-order chi connectivity index (χ0) is 17.5. The lowest BCUT2D eigenvalue weighted by molar-refractivity contribution is -0.384. The quantitative estimate of drug-likeness (QED) is 0.476. The zero-order valence-electron chi connectivity index (χ0n) is 12.4. The highest BCUT2D eigenvalue weighted by atomic mass is 19.3. The molecule has 0 saturated heterocycles. The third kappa shape index (κ3) is 5.01. The normalized spacial score (nSPS) is 11.1. The summed E-state index contributed by atoms with van der Waals surface area (Å²) in [6, 6.07) is 9.86. The number of alkyl halides is 2. The lowest BCUT2D eigenvalue weighted by Crippen LogP contribution is -2.01. The Balaban J connectivity index is 1.93. The number of aliphatic imine (C=N–C) groups is 1. The molecule has 2 aromatic rings. The van der Waals surface area contributed by atoms with Crippen LogP contribution in [0.1, 0.15) is 11.1 Å². The summed E-state index contributed by atoms with van der Waals surface area (Å²) in [5.74, 6) is -0.0170. The average Bonchev–Trinajstić information content (AvgIpc) is 2.54. The number of phenols is 1. The number of non-ortho nitro benzene ring substituents is 1. The number of phenolic OH excluding ortho intramolecular Hbond substituents is 1. The Morgan fingerprint density at radius 1 is 1.25 bits per heavy atom. The van der Waals surface area contributed by atoms with Gasteiger partial charge in [-0.1, -0.05) is 12.1 Å². The second-order valence-electron chi connectivity index (χ2n) is 4.81. The molecule has 0 amide bonds. The fourth-order valence-corrected chi connectivity index (χ4v) is 1.95. The molecule has 6 nitrogen and oxygen atoms in total. The number of nitrogens with zero attached hydrogens (tertiary/aromatic N) is 2. The number of nitro benzene ring substituents is 1. The van der Waals surface area contributed by atoms with E-state index in [-0.39, 0.29) is 22.7 Å². The van der Waals surface area contributed by atoms with Gasteiger partial charge < -0.3 is 9.84 Å². The van der Waals surface area contributed by atoms with Crippen molar-refractivity contribution in [3.63, 3.8) is 0 Å². The topological polar surface area (TPSA) is 85.0 Å². The Bertz CT molecular complexity index is 733. The number of aromatic hydroxyl groups is 1. The first kappa shape index (κ1) is 17.3. The highest BCUT2D eigenvalue weighted by Crippen LogP contribution is 2.21. The van der Waals surface area contributed by atoms with Crippen LogP contribution in [0.25, 0.3) is 0 Å². The highest BCUT2D eigenvalue weighted by molar-refractivity contribution is 5.84. The molecule has 2 aromatic carbocycles. The highest BCUT2D eigenvalue weighted by Gasteiger charge is 2.08. The summed E-state index contributed by atoms with van der Waals surface area (Å²) in [4.78, 5) is 14.3. The van der Waals surface area contributed by atoms with Gasteiger partial charge in [-0.3, -0.25) is 15.1 Å². The molecule has 8 heteroatoms. The molecular formula is C16H14F2N2O4. The van der Waals surface area contributed by atoms with Crippen LogP contribution < -0.4 is 4.74 Å². The van der Waals surface area contributed by atoms with Crippen LogP contribution in [-0.4, -0.2) is 29.4 Å². The van der Waals surface area contributed by atoms with Crippen molar-refractivity contribution in [1.82, 2.24) is 0 Å². The van der Waals surface area contributed by atoms with Gasteiger partial charge in [0, 0.05) is 30.5 Å². The largest absolute Gasteiger partial charge is 0.507 e. The fourth-order valence-electron chi connectivity index (χ4n) is 1.95. The summed E-state index contributed by atoms with van der Waals surface area (Å²) in [6.45, 7) is -2.49. The smallest absolute Gasteiger partial charge is 0.387 e. The van der Waals surface area contributed by atoms with Crippen molar-refractivity contribution in [2.45, 2.75) is 13.0 Å². The second kappa shape index (κ2) is 8.00. The van der Waals surface area contributed by atoms with Gasteiger partial charge in [0.2, 0.25) is 0 Å². The average molecular weight is 336 g/mol. The standard InChI is InChI=1S/C16H14F2N2O4/c17-16(18)24-14-4-1-11(2-5-14)7-8-19-10-12-9-13(20(22)23)3-6-15(12)21/h1-6,9-10,16,21H,7-8H2. The van der Waals surface area contributed by atoms with Gasteiger partial charge in [-0.2, -0.15) is 8.78 Å². The van der Waals surface area contributed by atoms with Gasteiger partial charge in [0.05, 0.1) is 4.92 Å². The van der Waals surface area contributed by atoms with Crippen molar-refractivity contribution in [1.29, 1.82) is 0 Å². The molecule has 0 fully saturated rings. The minimum Gasteiger partial charge on any atom is -0.507 e. The predicted molar refractivity (Wildman–Crippen MR) is 84.0 cm³/mol. The van der Waals surface area contributed by atoms with E-state index in [0.29, 0.717) is 13.0 Å². The van der Waals surface area contributed by atoms with Crippen molar-refractivity contribution in [2.75, 3.05) is 6.54 Å². The Kier molecular flexibility index (Phi) is 5.78. The molecule has 0 spiro atoms. The first-order valence-electron chi connectivity index (χ1n) is 6.96. The summed E-state index contributed by atoms with van der Waals surface area (Å²) in [5, 5.41) is 20.3. The third-order valence-corrected chi connectivity index (χ3v) is 3.13. The van der Waals surface area contributed by atoms with Crippen LogP contribution in [-0.2, 0) is 6.42 Å². The summed E-state index contributed by atoms with van der Waals surface area (Å²) in [5.41, 5.74) is 0.991. The maximum absolute atomic E-state index is 12.0. The third-order valence-electron chi connectivity index (χ3n) is 3.13. The maximum atomic E-state index is 12.0. The Morgan fingerprint density at radius 3 is 2.58 bits per heavy atom. The number of rotatable bonds is 7. The van der Waals surface area contributed by atoms with E-state index in [1.165, 1.54) is 36.5 Å². The lowest BCUT2D eigenvalue weighted by atomic mass is 10.1. The fraction of sp³-hybridized carbons (Fsp3) is 0.188. The van der Waals surface area contributed by atoms with Crippen LogP contribution in [0, 0.1) is 10.1 Å². The summed E-state index contributed by atoms with van der Waals surface area (Å²) in [7, 11) is 0. The van der Waals surface area contributed by atoms with Crippen molar-refractivity contribution < 1.29 is 23.5 Å². The zero-order valence-corrected chi connectivity index (χ0v) is 12.4. The molecule has 0 aliphatic carbocycles. The van der Waals surface area contributed by atoms with E-state index in [1.54, 1.807) is 12.1 Å². The van der Waals surface area contributed by atoms with E-state index in [0.717, 1.165) is 5.56 Å². The molecule has 0 radical (unpaired) electrons. The molecule has 2 rings (SSSR count). The van der Waals surface area contributed by atoms with Gasteiger partial charge in [-0.25, -0.2) is 0 Å². The first-order chi connectivity index (χ1) is 11.5. The first-order valence-corrected chi connectivity index (χ1v) is 6.96. The molecule has 126 valence electrons. The van der Waals surface area contributed by atoms with Crippen molar-refractivity contribution in [3.8, 4) is 11.5 Å². The molecule has 0 saturated carbocycles. The molecule has 24 heavy (non-hydrogen) atoms. The van der Waals surface area contributed by atoms with Crippen LogP contribution in [0.5, 0.6) is 11.5 Å². The lowest BCUT2D eigenvalue weighted by Gasteiger charge is -2.05. The van der Waals surface area contributed by atoms with E-state index in [9.17, 15) is 24.0 Å². The van der Waals surface area contributed by atoms with E-state index >= 15 is 0 Å². The monoisotopic (exact) mass is 336 g/mol. The van der Waals surface area contributed by atoms with E-state index < -0.39 is 11.5 Å². The van der Waals surface area contributed by atoms with Crippen LogP contribution in [0.3, 0.4) is 0 Å². The number of hydrogen-bond donors (Lipinski definition) is 1. The van der Waals surface area contributed by atoms with Gasteiger partial charge in [-0.05, 0) is 30.2 Å². The van der Waals surface area contributed by atoms with E-state index in [1.807, 2.05) is 0 Å². The number of benzene rings is 2. The molecule has 0 aliphatic rings. The molecule has 0 unspecified atom stereocenters. The number of halogens is 2. The van der Waals surface area contributed by atoms with Crippen LogP contribution in [0.2, 0.25) is 0 Å². The minimum absolute atomic E-state index is 0.0822. The van der Waals surface area contributed by atoms with E-state index in [2.05, 4.69) is 9.73 Å². The maximum Gasteiger partial charge on any atom is 0.387 e. The Labute approximate surface area is 136 Å². The number of nitro groups is 1. The molecule has 0 heterocycles. The van der Waals surface area contributed by atoms with Gasteiger partial charge in [-0.15, -0.1) is 0 Å². The molecule has 0 bridgehead atoms. The number of ether oxygens (including phenoxy) is 1. The second-order valence-corrected chi connectivity index (χ2v) is 4.81. The van der Waals surface area contributed by atoms with E-state index in [4.69, 9.17) is 0 Å². The van der Waals surface area contributed by atoms with Crippen molar-refractivity contribution >= 4 is 11.9 Å². The molecule has 0 aliphatic heterocycles. The van der Waals surface area contributed by atoms with Gasteiger partial charge in [0.15, 0.2) is 0 Å². The van der Waals surface area contributed by atoms with Gasteiger partial charge in [0.1, 0.15) is 11.5 Å². The van der Waals surface area contributed by atoms with Crippen LogP contribution in [0.15, 0.2) is 47.5 Å². The summed E-state index contributed by atoms with van der Waals surface area (Å²) in [6.07, 6.45) is 1.90. The minimum atomic E-state index is -2.86. The Morgan fingerprint density at radius 2 is 1.96 bits per heavy atom. The van der Waals surface area contributed by atoms with Crippen LogP contribution >= 0.6 is 0 Å². The van der Waals surface area contributed by atoms with Crippen molar-refractivity contribution in [3.05, 3.63) is 63.7 Å².